The number of nitrogens with one attached hydrogen (secondary N) is 6. The van der Waals surface area contributed by atoms with Crippen LogP contribution < -0.4 is 36.8 Å². The number of nitrogens with zero attached hydrogens (tertiary/aromatic N) is 2. The van der Waals surface area contributed by atoms with E-state index in [-0.39, 0.29) is 74.9 Å². The highest BCUT2D eigenvalue weighted by Gasteiger charge is 2.66. The molecule has 1 aromatic carbocycles. The zero-order valence-corrected chi connectivity index (χ0v) is 53.0. The molecule has 24 atom stereocenters. The number of thioether (sulfide) groups is 1. The Morgan fingerprint density at radius 3 is 2.12 bits per heavy atom. The van der Waals surface area contributed by atoms with E-state index in [1.165, 1.54) is 13.0 Å². The smallest absolute Gasteiger partial charge is 0.442 e. The number of fused-ring (bicyclic) bond motifs is 1. The Hall–Kier alpha value is -4.97. The number of halogens is 3. The number of alkyl halides is 3. The maximum Gasteiger partial charge on any atom is 0.442 e. The molecule has 6 saturated heterocycles. The summed E-state index contributed by atoms with van der Waals surface area (Å²) in [7, 11) is 0. The summed E-state index contributed by atoms with van der Waals surface area (Å²) >= 11 is 1.80. The lowest BCUT2D eigenvalue weighted by Gasteiger charge is -2.51. The van der Waals surface area contributed by atoms with Gasteiger partial charge in [-0.15, -0.1) is 10.2 Å². The van der Waals surface area contributed by atoms with Gasteiger partial charge in [0.05, 0.1) is 89.2 Å². The van der Waals surface area contributed by atoms with Gasteiger partial charge in [-0.2, -0.15) is 30.4 Å². The molecule has 0 radical (unpaired) electrons. The van der Waals surface area contributed by atoms with Crippen molar-refractivity contribution in [3.8, 4) is 5.75 Å². The fourth-order valence-electron chi connectivity index (χ4n) is 11.9. The third kappa shape index (κ3) is 18.3. The van der Waals surface area contributed by atoms with Crippen LogP contribution in [0.3, 0.4) is 0 Å². The first-order valence-corrected chi connectivity index (χ1v) is 32.0. The van der Waals surface area contributed by atoms with E-state index >= 15 is 0 Å². The second-order valence-electron chi connectivity index (χ2n) is 23.9. The number of ether oxygens (including phenoxy) is 10. The van der Waals surface area contributed by atoms with Crippen LogP contribution >= 0.6 is 11.8 Å². The Morgan fingerprint density at radius 2 is 1.47 bits per heavy atom. The van der Waals surface area contributed by atoms with E-state index in [1.807, 2.05) is 0 Å². The van der Waals surface area contributed by atoms with Crippen molar-refractivity contribution in [3.63, 3.8) is 0 Å². The Kier molecular flexibility index (Phi) is 27.1. The number of hydroxylamine groups is 1. The number of carboxylic acid groups (broad SMARTS) is 1. The summed E-state index contributed by atoms with van der Waals surface area (Å²) < 4.78 is 102. The lowest BCUT2D eigenvalue weighted by molar-refractivity contribution is -0.387. The van der Waals surface area contributed by atoms with Crippen molar-refractivity contribution < 1.29 is 151 Å². The summed E-state index contributed by atoms with van der Waals surface area (Å²) in [5.74, 6) is -6.44. The fourth-order valence-corrected chi connectivity index (χ4v) is 13.5. The van der Waals surface area contributed by atoms with Gasteiger partial charge in [-0.3, -0.25) is 19.2 Å². The number of aliphatic hydroxyl groups is 11. The number of carbonyl (C=O) groups excluding carboxylic acids is 4. The first-order valence-electron chi connectivity index (χ1n) is 31.0. The molecule has 7 aliphatic rings. The van der Waals surface area contributed by atoms with E-state index in [0.29, 0.717) is 18.1 Å². The molecule has 0 aromatic heterocycles. The summed E-state index contributed by atoms with van der Waals surface area (Å²) in [5.41, 5.74) is -0.682. The molecule has 544 valence electrons. The molecule has 18 N–H and O–H groups in total. The minimum atomic E-state index is -4.95. The highest BCUT2D eigenvalue weighted by Crippen LogP contribution is 2.53. The van der Waals surface area contributed by atoms with Crippen molar-refractivity contribution in [2.75, 3.05) is 65.2 Å². The number of hydrogen-bond acceptors (Lipinski definition) is 31. The topological polar surface area (TPSA) is 527 Å². The van der Waals surface area contributed by atoms with Gasteiger partial charge < -0.3 is 135 Å². The van der Waals surface area contributed by atoms with Gasteiger partial charge in [0.1, 0.15) is 91.7 Å². The molecule has 0 aliphatic carbocycles. The SMILES string of the molecule is CC(=O)N[C@H]1[C@H]([C@H](O)[C@H](O)CO)O[C@@](O[C@H]2[C@@H](O)[C@@H](CO)O[C@@H](O[C@H]3[C@H](O[C@@H]4O[C@@H](C)[C@@H](O)[C@@H](O)[C@@H]4O)[C@@H](NC(C)=O)C(NOCc4ccc(C5(C(F)(F)F)N=N5)cc4OCCOCCOCCNC(=O)CCCC[C@@H]4SC[C@H]5NC(=O)N[C@@H]45)O[C@@H]3CO)[C@@H]2O)(C(=O)O)C[C@@H]1O. The summed E-state index contributed by atoms with van der Waals surface area (Å²) in [6.07, 6.45) is -39.3. The number of carboxylic acids is 1. The molecule has 0 bridgehead atoms. The van der Waals surface area contributed by atoms with Crippen LogP contribution in [-0.2, 0) is 78.9 Å². The molecule has 7 aliphatic heterocycles. The van der Waals surface area contributed by atoms with Gasteiger partial charge in [0.25, 0.3) is 5.79 Å². The molecular formula is C56H85F3N8O28S. The number of rotatable bonds is 34. The van der Waals surface area contributed by atoms with E-state index in [0.717, 1.165) is 44.6 Å². The monoisotopic (exact) mass is 1410 g/mol. The first kappa shape index (κ1) is 76.8. The Balaban J connectivity index is 0.938. The van der Waals surface area contributed by atoms with E-state index in [9.17, 15) is 98.4 Å². The highest BCUT2D eigenvalue weighted by molar-refractivity contribution is 8.00. The Bertz CT molecular complexity index is 2790. The van der Waals surface area contributed by atoms with Crippen LogP contribution in [0.4, 0.5) is 18.0 Å². The molecule has 1 unspecified atom stereocenters. The second kappa shape index (κ2) is 33.9. The number of aliphatic hydroxyl groups excluding tert-OH is 11. The van der Waals surface area contributed by atoms with Crippen LogP contribution in [-0.4, -0.2) is 308 Å². The largest absolute Gasteiger partial charge is 0.491 e. The van der Waals surface area contributed by atoms with Crippen LogP contribution in [0.2, 0.25) is 0 Å². The highest BCUT2D eigenvalue weighted by atomic mass is 32.2. The van der Waals surface area contributed by atoms with Crippen molar-refractivity contribution in [2.24, 2.45) is 10.2 Å². The van der Waals surface area contributed by atoms with Gasteiger partial charge in [0.2, 0.25) is 17.7 Å². The van der Waals surface area contributed by atoms with Gasteiger partial charge >= 0.3 is 23.8 Å². The van der Waals surface area contributed by atoms with E-state index in [1.54, 1.807) is 11.8 Å². The minimum absolute atomic E-state index is 0.0550. The lowest BCUT2D eigenvalue weighted by atomic mass is 9.88. The zero-order chi connectivity index (χ0) is 70.0. The quantitative estimate of drug-likeness (QED) is 0.0173. The molecule has 8 rings (SSSR count). The molecule has 1 aromatic rings. The number of hydrogen-bond donors (Lipinski definition) is 18. The average Bonchev–Trinajstić information content (AvgIpc) is 1.33. The second-order valence-corrected chi connectivity index (χ2v) is 25.2. The summed E-state index contributed by atoms with van der Waals surface area (Å²) in [6, 6.07) is 0.00970. The van der Waals surface area contributed by atoms with Crippen molar-refractivity contribution in [3.05, 3.63) is 29.3 Å². The van der Waals surface area contributed by atoms with E-state index in [4.69, 9.17) is 52.2 Å². The predicted molar refractivity (Wildman–Crippen MR) is 312 cm³/mol. The van der Waals surface area contributed by atoms with Crippen LogP contribution in [0, 0.1) is 0 Å². The van der Waals surface area contributed by atoms with E-state index in [2.05, 4.69) is 42.3 Å². The third-order valence-corrected chi connectivity index (χ3v) is 18.6. The summed E-state index contributed by atoms with van der Waals surface area (Å²) in [6.45, 7) is -0.409. The molecule has 0 spiro atoms. The Morgan fingerprint density at radius 1 is 0.802 bits per heavy atom. The molecular weight excluding hydrogens is 1320 g/mol. The average molecular weight is 1410 g/mol. The van der Waals surface area contributed by atoms with Gasteiger partial charge in [-0.1, -0.05) is 18.6 Å². The maximum atomic E-state index is 14.3. The molecule has 7 heterocycles. The Labute approximate surface area is 550 Å². The molecule has 0 saturated carbocycles. The van der Waals surface area contributed by atoms with Crippen LogP contribution in [0.25, 0.3) is 0 Å². The maximum absolute atomic E-state index is 14.3. The van der Waals surface area contributed by atoms with Gasteiger partial charge in [-0.05, 0) is 25.8 Å². The summed E-state index contributed by atoms with van der Waals surface area (Å²) in [4.78, 5) is 68.5. The third-order valence-electron chi connectivity index (χ3n) is 17.1. The number of unbranched alkanes of at least 4 members (excludes halogenated alkanes) is 1. The normalized spacial score (nSPS) is 36.2. The molecule has 5 amide bonds. The summed E-state index contributed by atoms with van der Waals surface area (Å²) in [5, 5.41) is 151. The number of urea groups is 1. The number of carbonyl (C=O) groups is 5. The first-order chi connectivity index (χ1) is 45.6. The number of benzene rings is 1. The standard InChI is InChI=1S/C56H85F3N8O28S/c1-23-39(76)42(79)43(80)50(89-23)93-47-38(62-25(3)72)49(90-33(20-70)45(47)92-51-44(81)48(41(78)32(19-69)91-51)95-54(52(82)83)17-29(73)37(61-24(2)71)46(94-54)40(77)30(74)18-68)65-88-21-26-8-9-27(55(66-67-55)56(57,58)59)16-31(26)87-15-14-86-13-12-85-11-10-60-35(75)7-5-4-6-34-36-28(22-96-34)63-53(84)64-36/h8-9,16,23,28-30,32-34,36-51,65,68-70,73-74,76-81H,4-7,10-15,17-22H2,1-3H3,(H,60,75)(H,61,71)(H,62,72)(H,82,83)(H2,63,64,84)/t23-,28+,29-,30+,32+,33+,34-,36+,37+,38+,39+,40+,41-,42+,43-,44+,45+,46+,47+,48-,49?,50-,51-,54-/m0/s1. The van der Waals surface area contributed by atoms with E-state index < -0.39 is 196 Å². The molecule has 6 fully saturated rings. The minimum Gasteiger partial charge on any atom is -0.491 e. The number of aliphatic carboxylic acids is 1. The van der Waals surface area contributed by atoms with Crippen molar-refractivity contribution in [2.45, 2.75) is 217 Å². The lowest BCUT2D eigenvalue weighted by Crippen LogP contribution is -2.72. The van der Waals surface area contributed by atoms with Crippen molar-refractivity contribution >= 4 is 41.5 Å². The molecule has 36 nitrogen and oxygen atoms in total. The fraction of sp³-hybridized carbons (Fsp3) is 0.804. The molecule has 40 heteroatoms. The predicted octanol–water partition coefficient (Wildman–Crippen LogP) is -6.06. The number of amides is 5. The van der Waals surface area contributed by atoms with Gasteiger partial charge in [-0.25, -0.2) is 9.59 Å². The zero-order valence-electron chi connectivity index (χ0n) is 52.2. The molecule has 96 heavy (non-hydrogen) atoms. The van der Waals surface area contributed by atoms with Gasteiger partial charge in [0, 0.05) is 55.4 Å². The van der Waals surface area contributed by atoms with Crippen LogP contribution in [0.1, 0.15) is 64.0 Å². The van der Waals surface area contributed by atoms with Crippen molar-refractivity contribution in [1.29, 1.82) is 0 Å². The van der Waals surface area contributed by atoms with Gasteiger partial charge in [0.15, 0.2) is 18.8 Å². The van der Waals surface area contributed by atoms with Crippen LogP contribution in [0.15, 0.2) is 28.4 Å². The van der Waals surface area contributed by atoms with Crippen molar-refractivity contribution in [1.82, 2.24) is 32.1 Å². The van der Waals surface area contributed by atoms with Crippen LogP contribution in [0.5, 0.6) is 5.75 Å².